The minimum Gasteiger partial charge on any atom is -0.489 e. The first kappa shape index (κ1) is 23.2. The zero-order chi connectivity index (χ0) is 25.1. The lowest BCUT2D eigenvalue weighted by Crippen LogP contribution is -2.23. The number of carbonyl (C=O) groups excluding carboxylic acids is 1. The molecule has 5 nitrogen and oxygen atoms in total. The molecule has 2 aromatic heterocycles. The van der Waals surface area contributed by atoms with Gasteiger partial charge >= 0.3 is 0 Å². The fraction of sp³-hybridized carbons (Fsp3) is 0.103. The topological polar surface area (TPSA) is 56.1 Å². The number of fused-ring (bicyclic) bond motifs is 1. The highest BCUT2D eigenvalue weighted by molar-refractivity contribution is 6.09. The first-order valence-electron chi connectivity index (χ1n) is 11.5. The summed E-state index contributed by atoms with van der Waals surface area (Å²) in [6.07, 6.45) is 1.70. The Labute approximate surface area is 207 Å². The lowest BCUT2D eigenvalue weighted by atomic mass is 10.1. The van der Waals surface area contributed by atoms with Gasteiger partial charge in [-0.15, -0.1) is 0 Å². The number of rotatable bonds is 7. The molecule has 0 fully saturated rings. The molecule has 1 N–H and O–H groups in total. The van der Waals surface area contributed by atoms with Crippen LogP contribution in [0.3, 0.4) is 0 Å². The van der Waals surface area contributed by atoms with Crippen molar-refractivity contribution in [2.24, 2.45) is 0 Å². The van der Waals surface area contributed by atoms with Gasteiger partial charge in [0.25, 0.3) is 5.91 Å². The Bertz CT molecular complexity index is 1530. The van der Waals surface area contributed by atoms with Crippen molar-refractivity contribution in [3.05, 3.63) is 125 Å². The van der Waals surface area contributed by atoms with Gasteiger partial charge in [-0.2, -0.15) is 0 Å². The number of pyridine rings is 1. The number of nitrogens with one attached hydrogen (secondary N) is 1. The number of aromatic nitrogens is 2. The highest BCUT2D eigenvalue weighted by atomic mass is 19.2. The number of ether oxygens (including phenoxy) is 1. The molecule has 0 atom stereocenters. The number of hydrogen-bond donors (Lipinski definition) is 1. The van der Waals surface area contributed by atoms with Gasteiger partial charge in [-0.25, -0.2) is 13.8 Å². The number of carbonyl (C=O) groups is 1. The summed E-state index contributed by atoms with van der Waals surface area (Å²) in [7, 11) is 0. The molecule has 0 aliphatic carbocycles. The molecular formula is C29H23F2N3O2. The highest BCUT2D eigenvalue weighted by Gasteiger charge is 2.22. The van der Waals surface area contributed by atoms with Gasteiger partial charge in [0.1, 0.15) is 18.2 Å². The van der Waals surface area contributed by atoms with E-state index in [1.54, 1.807) is 6.20 Å². The average Bonchev–Trinajstić information content (AvgIpc) is 3.20. The third kappa shape index (κ3) is 4.68. The van der Waals surface area contributed by atoms with Gasteiger partial charge in [-0.1, -0.05) is 42.5 Å². The first-order chi connectivity index (χ1) is 17.5. The Balaban J connectivity index is 1.51. The normalized spacial score (nSPS) is 11.0. The molecule has 0 radical (unpaired) electrons. The molecule has 36 heavy (non-hydrogen) atoms. The van der Waals surface area contributed by atoms with Gasteiger partial charge in [-0.3, -0.25) is 9.36 Å². The second kappa shape index (κ2) is 10.00. The lowest BCUT2D eigenvalue weighted by Gasteiger charge is -2.08. The second-order valence-corrected chi connectivity index (χ2v) is 8.37. The summed E-state index contributed by atoms with van der Waals surface area (Å²) in [5.74, 6) is -0.916. The fourth-order valence-electron chi connectivity index (χ4n) is 4.22. The summed E-state index contributed by atoms with van der Waals surface area (Å²) < 4.78 is 34.8. The molecule has 2 heterocycles. The molecule has 0 unspecified atom stereocenters. The first-order valence-corrected chi connectivity index (χ1v) is 11.5. The van der Waals surface area contributed by atoms with E-state index in [-0.39, 0.29) is 12.5 Å². The van der Waals surface area contributed by atoms with Gasteiger partial charge in [0.15, 0.2) is 11.6 Å². The van der Waals surface area contributed by atoms with Crippen molar-refractivity contribution in [1.29, 1.82) is 0 Å². The van der Waals surface area contributed by atoms with Crippen molar-refractivity contribution in [1.82, 2.24) is 14.9 Å². The van der Waals surface area contributed by atoms with Gasteiger partial charge in [0, 0.05) is 23.8 Å². The standard InChI is InChI=1S/C29H23F2N3O2/c1-19-28(29(35)33-17-21-10-12-24(30)25(31)15-21)23-16-22(36-18-20-7-3-2-4-8-20)11-13-26(23)34(19)27-9-5-6-14-32-27/h2-16H,17-18H2,1H3,(H,33,35). The zero-order valence-corrected chi connectivity index (χ0v) is 19.5. The van der Waals surface area contributed by atoms with E-state index >= 15 is 0 Å². The molecule has 1 amide bonds. The van der Waals surface area contributed by atoms with Crippen molar-refractivity contribution < 1.29 is 18.3 Å². The molecule has 0 saturated heterocycles. The highest BCUT2D eigenvalue weighted by Crippen LogP contribution is 2.32. The summed E-state index contributed by atoms with van der Waals surface area (Å²) >= 11 is 0. The number of amides is 1. The molecule has 5 rings (SSSR count). The maximum Gasteiger partial charge on any atom is 0.254 e. The van der Waals surface area contributed by atoms with Gasteiger partial charge in [-0.05, 0) is 60.5 Å². The predicted molar refractivity (Wildman–Crippen MR) is 134 cm³/mol. The van der Waals surface area contributed by atoms with Crippen LogP contribution in [-0.4, -0.2) is 15.5 Å². The fourth-order valence-corrected chi connectivity index (χ4v) is 4.22. The monoisotopic (exact) mass is 483 g/mol. The van der Waals surface area contributed by atoms with E-state index in [0.29, 0.717) is 40.4 Å². The second-order valence-electron chi connectivity index (χ2n) is 8.37. The molecule has 180 valence electrons. The van der Waals surface area contributed by atoms with E-state index in [0.717, 1.165) is 23.2 Å². The number of halogens is 2. The quantitative estimate of drug-likeness (QED) is 0.303. The molecule has 0 aliphatic rings. The summed E-state index contributed by atoms with van der Waals surface area (Å²) in [4.78, 5) is 17.9. The van der Waals surface area contributed by atoms with Gasteiger partial charge < -0.3 is 10.1 Å². The lowest BCUT2D eigenvalue weighted by molar-refractivity contribution is 0.0951. The molecule has 0 spiro atoms. The molecule has 5 aromatic rings. The Hall–Kier alpha value is -4.52. The summed E-state index contributed by atoms with van der Waals surface area (Å²) in [6.45, 7) is 2.30. The smallest absolute Gasteiger partial charge is 0.254 e. The van der Waals surface area contributed by atoms with Crippen LogP contribution < -0.4 is 10.1 Å². The number of nitrogens with zero attached hydrogens (tertiary/aromatic N) is 2. The van der Waals surface area contributed by atoms with Crippen LogP contribution in [-0.2, 0) is 13.2 Å². The Morgan fingerprint density at radius 1 is 0.917 bits per heavy atom. The van der Waals surface area contributed by atoms with Crippen molar-refractivity contribution in [2.75, 3.05) is 0 Å². The van der Waals surface area contributed by atoms with Crippen molar-refractivity contribution >= 4 is 16.8 Å². The predicted octanol–water partition coefficient (Wildman–Crippen LogP) is 6.12. The molecule has 0 saturated carbocycles. The van der Waals surface area contributed by atoms with Gasteiger partial charge in [0.2, 0.25) is 0 Å². The maximum atomic E-state index is 13.6. The van der Waals surface area contributed by atoms with E-state index in [1.165, 1.54) is 6.07 Å². The van der Waals surface area contributed by atoms with Crippen molar-refractivity contribution in [3.63, 3.8) is 0 Å². The van der Waals surface area contributed by atoms with Crippen LogP contribution in [0.5, 0.6) is 5.75 Å². The van der Waals surface area contributed by atoms with Crippen LogP contribution in [0, 0.1) is 18.6 Å². The van der Waals surface area contributed by atoms with Gasteiger partial charge in [0.05, 0.1) is 11.1 Å². The molecule has 3 aromatic carbocycles. The van der Waals surface area contributed by atoms with E-state index in [9.17, 15) is 13.6 Å². The number of hydrogen-bond acceptors (Lipinski definition) is 3. The van der Waals surface area contributed by atoms with Crippen LogP contribution >= 0.6 is 0 Å². The minimum atomic E-state index is -0.954. The average molecular weight is 484 g/mol. The number of benzene rings is 3. The van der Waals surface area contributed by atoms with Crippen LogP contribution in [0.15, 0.2) is 91.1 Å². The Kier molecular flexibility index (Phi) is 6.45. The summed E-state index contributed by atoms with van der Waals surface area (Å²) in [6, 6.07) is 24.6. The Morgan fingerprint density at radius 2 is 1.72 bits per heavy atom. The zero-order valence-electron chi connectivity index (χ0n) is 19.5. The molecule has 0 bridgehead atoms. The molecule has 7 heteroatoms. The summed E-state index contributed by atoms with van der Waals surface area (Å²) in [5.41, 5.74) is 3.45. The van der Waals surface area contributed by atoms with E-state index in [4.69, 9.17) is 4.74 Å². The largest absolute Gasteiger partial charge is 0.489 e. The van der Waals surface area contributed by atoms with Crippen LogP contribution in [0.4, 0.5) is 8.78 Å². The SMILES string of the molecule is Cc1c(C(=O)NCc2ccc(F)c(F)c2)c2cc(OCc3ccccc3)ccc2n1-c1ccccn1. The van der Waals surface area contributed by atoms with E-state index in [2.05, 4.69) is 10.3 Å². The third-order valence-corrected chi connectivity index (χ3v) is 5.97. The minimum absolute atomic E-state index is 0.0515. The van der Waals surface area contributed by atoms with Crippen LogP contribution in [0.2, 0.25) is 0 Å². The maximum absolute atomic E-state index is 13.6. The molecular weight excluding hydrogens is 460 g/mol. The van der Waals surface area contributed by atoms with E-state index < -0.39 is 11.6 Å². The molecule has 0 aliphatic heterocycles. The van der Waals surface area contributed by atoms with Crippen molar-refractivity contribution in [3.8, 4) is 11.6 Å². The van der Waals surface area contributed by atoms with Crippen LogP contribution in [0.25, 0.3) is 16.7 Å². The Morgan fingerprint density at radius 3 is 2.47 bits per heavy atom. The summed E-state index contributed by atoms with van der Waals surface area (Å²) in [5, 5.41) is 3.53. The third-order valence-electron chi connectivity index (χ3n) is 5.97. The van der Waals surface area contributed by atoms with E-state index in [1.807, 2.05) is 78.2 Å². The van der Waals surface area contributed by atoms with Crippen molar-refractivity contribution in [2.45, 2.75) is 20.1 Å². The van der Waals surface area contributed by atoms with Crippen LogP contribution in [0.1, 0.15) is 27.2 Å².